The second kappa shape index (κ2) is 20.8. The monoisotopic (exact) mass is 841 g/mol. The standard InChI is InChI=1S/C53H47NO9/c1-35-44(51(39-21-12-5-13-22-39)49(35)36-15-6-2-7-16-36)33-48(57)62-28-14-27-60-40-23-25-42(46(55)31-40)52(58)43-26-24-41(32-47(43)56)61-29-30-63-53(59)45(34-54)50(37-17-8-3-9-18-37)38-19-10-4-11-20-38/h2-13,15,17-21,23-26,31-32,35,44,55-56H,14,16,22,27-30,33H2,1H3/b49-36-,51-39+. The van der Waals surface area contributed by atoms with E-state index in [9.17, 15) is 29.9 Å². The highest BCUT2D eigenvalue weighted by molar-refractivity contribution is 6.12. The highest BCUT2D eigenvalue weighted by Gasteiger charge is 2.42. The van der Waals surface area contributed by atoms with Gasteiger partial charge in [-0.15, -0.1) is 0 Å². The summed E-state index contributed by atoms with van der Waals surface area (Å²) in [5.74, 6) is -1.56. The average molecular weight is 842 g/mol. The second-order valence-corrected chi connectivity index (χ2v) is 15.1. The average Bonchev–Trinajstić information content (AvgIpc) is 3.31. The maximum atomic E-state index is 13.3. The second-order valence-electron chi connectivity index (χ2n) is 15.1. The van der Waals surface area contributed by atoms with E-state index in [-0.39, 0.29) is 78.2 Å². The first-order chi connectivity index (χ1) is 30.7. The van der Waals surface area contributed by atoms with E-state index >= 15 is 0 Å². The topological polar surface area (TPSA) is 152 Å². The summed E-state index contributed by atoms with van der Waals surface area (Å²) in [6, 6.07) is 28.5. The van der Waals surface area contributed by atoms with Gasteiger partial charge in [-0.1, -0.05) is 116 Å². The molecule has 63 heavy (non-hydrogen) atoms. The summed E-state index contributed by atoms with van der Waals surface area (Å²) in [5.41, 5.74) is 6.70. The van der Waals surface area contributed by atoms with Gasteiger partial charge in [0.1, 0.15) is 47.9 Å². The molecule has 4 aromatic carbocycles. The van der Waals surface area contributed by atoms with Gasteiger partial charge in [0, 0.05) is 30.0 Å². The van der Waals surface area contributed by atoms with Gasteiger partial charge in [-0.2, -0.15) is 5.26 Å². The predicted molar refractivity (Wildman–Crippen MR) is 239 cm³/mol. The van der Waals surface area contributed by atoms with E-state index in [4.69, 9.17) is 18.9 Å². The molecule has 318 valence electrons. The van der Waals surface area contributed by atoms with Crippen molar-refractivity contribution >= 4 is 23.3 Å². The number of hydrogen-bond acceptors (Lipinski definition) is 10. The molecule has 0 radical (unpaired) electrons. The first-order valence-electron chi connectivity index (χ1n) is 20.9. The van der Waals surface area contributed by atoms with Crippen LogP contribution in [0.2, 0.25) is 0 Å². The number of rotatable bonds is 16. The van der Waals surface area contributed by atoms with Gasteiger partial charge in [0.05, 0.1) is 30.8 Å². The molecule has 1 saturated carbocycles. The quantitative estimate of drug-likeness (QED) is 0.0367. The minimum Gasteiger partial charge on any atom is -0.507 e. The summed E-state index contributed by atoms with van der Waals surface area (Å²) in [4.78, 5) is 39.4. The summed E-state index contributed by atoms with van der Waals surface area (Å²) in [6.45, 7) is 2.28. The largest absolute Gasteiger partial charge is 0.507 e. The molecular weight excluding hydrogens is 795 g/mol. The summed E-state index contributed by atoms with van der Waals surface area (Å²) >= 11 is 0. The molecule has 3 aliphatic rings. The van der Waals surface area contributed by atoms with Crippen LogP contribution in [0.5, 0.6) is 23.0 Å². The number of phenolic OH excluding ortho intramolecular Hbond substituents is 2. The normalized spacial score (nSPS) is 18.5. The van der Waals surface area contributed by atoms with Gasteiger partial charge < -0.3 is 29.2 Å². The van der Waals surface area contributed by atoms with Crippen LogP contribution in [-0.2, 0) is 19.1 Å². The van der Waals surface area contributed by atoms with Crippen LogP contribution in [0.4, 0.5) is 0 Å². The molecule has 2 atom stereocenters. The number of nitriles is 1. The molecule has 0 amide bonds. The Kier molecular flexibility index (Phi) is 14.3. The predicted octanol–water partition coefficient (Wildman–Crippen LogP) is 9.87. The molecule has 0 spiro atoms. The van der Waals surface area contributed by atoms with Gasteiger partial charge in [-0.25, -0.2) is 4.79 Å². The number of allylic oxidation sites excluding steroid dienone is 12. The molecule has 0 bridgehead atoms. The Hall–Kier alpha value is -7.64. The van der Waals surface area contributed by atoms with E-state index in [1.54, 1.807) is 0 Å². The van der Waals surface area contributed by atoms with Crippen LogP contribution >= 0.6 is 0 Å². The summed E-state index contributed by atoms with van der Waals surface area (Å²) in [6.07, 6.45) is 19.3. The van der Waals surface area contributed by atoms with E-state index in [0.717, 1.165) is 12.8 Å². The lowest BCUT2D eigenvalue weighted by Crippen LogP contribution is -2.35. The molecular formula is C53H47NO9. The van der Waals surface area contributed by atoms with Gasteiger partial charge in [-0.05, 0) is 76.4 Å². The molecule has 0 heterocycles. The number of carbonyl (C=O) groups is 3. The van der Waals surface area contributed by atoms with Crippen molar-refractivity contribution in [3.05, 3.63) is 196 Å². The number of nitrogens with zero attached hydrogens (tertiary/aromatic N) is 1. The minimum atomic E-state index is -0.811. The van der Waals surface area contributed by atoms with Crippen LogP contribution in [0.25, 0.3) is 5.57 Å². The Morgan fingerprint density at radius 1 is 0.667 bits per heavy atom. The van der Waals surface area contributed by atoms with Crippen molar-refractivity contribution in [2.45, 2.75) is 32.6 Å². The van der Waals surface area contributed by atoms with Crippen LogP contribution < -0.4 is 9.47 Å². The maximum Gasteiger partial charge on any atom is 0.349 e. The number of carbonyl (C=O) groups excluding carboxylic acids is 3. The molecule has 4 aromatic rings. The summed E-state index contributed by atoms with van der Waals surface area (Å²) < 4.78 is 22.4. The molecule has 2 N–H and O–H groups in total. The van der Waals surface area contributed by atoms with Crippen LogP contribution in [0.15, 0.2) is 174 Å². The van der Waals surface area contributed by atoms with Crippen LogP contribution in [-0.4, -0.2) is 54.4 Å². The lowest BCUT2D eigenvalue weighted by atomic mass is 9.60. The molecule has 0 aliphatic heterocycles. The number of ketones is 1. The van der Waals surface area contributed by atoms with Crippen molar-refractivity contribution < 1.29 is 43.5 Å². The van der Waals surface area contributed by atoms with E-state index in [1.807, 2.05) is 78.9 Å². The minimum absolute atomic E-state index is 0.0482. The molecule has 0 aromatic heterocycles. The van der Waals surface area contributed by atoms with Gasteiger partial charge in [0.2, 0.25) is 0 Å². The molecule has 2 unspecified atom stereocenters. The molecule has 10 nitrogen and oxygen atoms in total. The van der Waals surface area contributed by atoms with Crippen molar-refractivity contribution in [3.8, 4) is 29.1 Å². The zero-order chi connectivity index (χ0) is 44.1. The van der Waals surface area contributed by atoms with Crippen LogP contribution in [0, 0.1) is 23.2 Å². The fourth-order valence-corrected chi connectivity index (χ4v) is 8.02. The first kappa shape index (κ1) is 43.4. The van der Waals surface area contributed by atoms with Crippen LogP contribution in [0.3, 0.4) is 0 Å². The molecule has 7 rings (SSSR count). The van der Waals surface area contributed by atoms with Crippen molar-refractivity contribution in [2.75, 3.05) is 26.4 Å². The Bertz CT molecular complexity index is 2580. The van der Waals surface area contributed by atoms with Crippen molar-refractivity contribution in [3.63, 3.8) is 0 Å². The fraction of sp³-hybridized carbons (Fsp3) is 0.208. The zero-order valence-electron chi connectivity index (χ0n) is 34.9. The van der Waals surface area contributed by atoms with E-state index in [1.165, 1.54) is 58.7 Å². The van der Waals surface area contributed by atoms with Gasteiger partial charge in [0.15, 0.2) is 5.78 Å². The SMILES string of the molecule is CC1C(=C2\C=CC=CC2)/C(=C2\C=CC=CC2)C1CC(=O)OCCCOc1ccc(C(=O)c2ccc(OCCOC(=O)C(C#N)=C(c3ccccc3)c3ccccc3)cc2O)c(O)c1. The Morgan fingerprint density at radius 3 is 1.75 bits per heavy atom. The number of ether oxygens (including phenoxy) is 4. The smallest absolute Gasteiger partial charge is 0.349 e. The van der Waals surface area contributed by atoms with E-state index < -0.39 is 11.8 Å². The lowest BCUT2D eigenvalue weighted by molar-refractivity contribution is -0.145. The van der Waals surface area contributed by atoms with Gasteiger partial charge >= 0.3 is 11.9 Å². The van der Waals surface area contributed by atoms with Crippen molar-refractivity contribution in [1.82, 2.24) is 0 Å². The van der Waals surface area contributed by atoms with Gasteiger partial charge in [0.25, 0.3) is 0 Å². The first-order valence-corrected chi connectivity index (χ1v) is 20.9. The third-order valence-electron chi connectivity index (χ3n) is 11.1. The zero-order valence-corrected chi connectivity index (χ0v) is 34.9. The van der Waals surface area contributed by atoms with Crippen molar-refractivity contribution in [2.24, 2.45) is 11.8 Å². The van der Waals surface area contributed by atoms with Crippen LogP contribution in [0.1, 0.15) is 59.7 Å². The molecule has 0 saturated heterocycles. The van der Waals surface area contributed by atoms with Crippen molar-refractivity contribution in [1.29, 1.82) is 5.26 Å². The maximum absolute atomic E-state index is 13.3. The number of aromatic hydroxyl groups is 2. The fourth-order valence-electron chi connectivity index (χ4n) is 8.02. The summed E-state index contributed by atoms with van der Waals surface area (Å²) in [5, 5.41) is 31.4. The number of esters is 2. The highest BCUT2D eigenvalue weighted by Crippen LogP contribution is 2.52. The Morgan fingerprint density at radius 2 is 1.22 bits per heavy atom. The number of benzene rings is 4. The Labute approximate surface area is 366 Å². The molecule has 3 aliphatic carbocycles. The third-order valence-corrected chi connectivity index (χ3v) is 11.1. The molecule has 1 fully saturated rings. The highest BCUT2D eigenvalue weighted by atomic mass is 16.6. The van der Waals surface area contributed by atoms with E-state index in [0.29, 0.717) is 35.3 Å². The number of phenols is 2. The van der Waals surface area contributed by atoms with E-state index in [2.05, 4.69) is 43.4 Å². The number of hydrogen-bond donors (Lipinski definition) is 2. The molecule has 10 heteroatoms. The summed E-state index contributed by atoms with van der Waals surface area (Å²) in [7, 11) is 0. The lowest BCUT2D eigenvalue weighted by Gasteiger charge is -2.43. The van der Waals surface area contributed by atoms with Gasteiger partial charge in [-0.3, -0.25) is 9.59 Å². The third kappa shape index (κ3) is 10.5. The Balaban J connectivity index is 0.866.